The van der Waals surface area contributed by atoms with Gasteiger partial charge in [-0.05, 0) is 30.5 Å². The number of fused-ring (bicyclic) bond motifs is 1. The zero-order valence-corrected chi connectivity index (χ0v) is 12.3. The van der Waals surface area contributed by atoms with E-state index in [1.165, 1.54) is 0 Å². The highest BCUT2D eigenvalue weighted by Gasteiger charge is 2.10. The fraction of sp³-hybridized carbons (Fsp3) is 0.125. The van der Waals surface area contributed by atoms with Gasteiger partial charge in [0.25, 0.3) is 0 Å². The number of H-pyrrole nitrogens is 1. The van der Waals surface area contributed by atoms with E-state index in [1.807, 2.05) is 30.5 Å². The fourth-order valence-corrected chi connectivity index (χ4v) is 2.69. The van der Waals surface area contributed by atoms with E-state index < -0.39 is 0 Å². The summed E-state index contributed by atoms with van der Waals surface area (Å²) >= 11 is 1.64. The Balaban J connectivity index is 2.03. The Morgan fingerprint density at radius 1 is 1.38 bits per heavy atom. The Morgan fingerprint density at radius 2 is 2.29 bits per heavy atom. The van der Waals surface area contributed by atoms with Crippen LogP contribution in [0.1, 0.15) is 0 Å². The van der Waals surface area contributed by atoms with Gasteiger partial charge in [0, 0.05) is 16.7 Å². The second-order valence-electron chi connectivity index (χ2n) is 4.33. The highest BCUT2D eigenvalue weighted by molar-refractivity contribution is 7.98. The van der Waals surface area contributed by atoms with Gasteiger partial charge in [-0.25, -0.2) is 4.98 Å². The van der Waals surface area contributed by atoms with Crippen LogP contribution in [0.2, 0.25) is 0 Å². The van der Waals surface area contributed by atoms with Crippen molar-refractivity contribution in [3.8, 4) is 29.5 Å². The van der Waals surface area contributed by atoms with Gasteiger partial charge < -0.3 is 9.72 Å². The van der Waals surface area contributed by atoms with Gasteiger partial charge in [-0.15, -0.1) is 18.2 Å². The summed E-state index contributed by atoms with van der Waals surface area (Å²) in [4.78, 5) is 13.1. The molecule has 0 aliphatic carbocycles. The van der Waals surface area contributed by atoms with Crippen molar-refractivity contribution < 1.29 is 4.74 Å². The van der Waals surface area contributed by atoms with Crippen molar-refractivity contribution in [1.82, 2.24) is 15.0 Å². The average Bonchev–Trinajstić information content (AvgIpc) is 2.96. The van der Waals surface area contributed by atoms with Crippen LogP contribution in [-0.4, -0.2) is 27.8 Å². The minimum absolute atomic E-state index is 0.267. The van der Waals surface area contributed by atoms with Gasteiger partial charge in [0.15, 0.2) is 0 Å². The number of pyridine rings is 1. The number of nitrogens with zero attached hydrogens (tertiary/aromatic N) is 2. The number of imidazole rings is 1. The summed E-state index contributed by atoms with van der Waals surface area (Å²) < 4.78 is 5.46. The molecule has 2 aromatic heterocycles. The van der Waals surface area contributed by atoms with Gasteiger partial charge >= 0.3 is 0 Å². The Labute approximate surface area is 127 Å². The third kappa shape index (κ3) is 2.71. The number of benzene rings is 1. The molecule has 21 heavy (non-hydrogen) atoms. The van der Waals surface area contributed by atoms with Gasteiger partial charge in [0.2, 0.25) is 0 Å². The van der Waals surface area contributed by atoms with Crippen molar-refractivity contribution in [2.45, 2.75) is 4.90 Å². The molecule has 0 amide bonds. The Kier molecular flexibility index (Phi) is 3.80. The molecule has 0 bridgehead atoms. The van der Waals surface area contributed by atoms with Crippen LogP contribution in [0.5, 0.6) is 5.75 Å². The van der Waals surface area contributed by atoms with E-state index in [-0.39, 0.29) is 6.61 Å². The van der Waals surface area contributed by atoms with Crippen LogP contribution in [-0.2, 0) is 0 Å². The molecule has 0 saturated heterocycles. The predicted molar refractivity (Wildman–Crippen MR) is 85.4 cm³/mol. The average molecular weight is 295 g/mol. The van der Waals surface area contributed by atoms with Crippen LogP contribution in [0.25, 0.3) is 22.4 Å². The summed E-state index contributed by atoms with van der Waals surface area (Å²) in [5.41, 5.74) is 2.86. The maximum absolute atomic E-state index is 5.46. The molecule has 2 heterocycles. The first-order valence-electron chi connectivity index (χ1n) is 6.36. The van der Waals surface area contributed by atoms with E-state index in [9.17, 15) is 0 Å². The first-order chi connectivity index (χ1) is 10.3. The van der Waals surface area contributed by atoms with Crippen LogP contribution in [0.15, 0.2) is 41.6 Å². The minimum atomic E-state index is 0.267. The summed E-state index contributed by atoms with van der Waals surface area (Å²) in [6.45, 7) is 0.267. The number of hydrogen-bond donors (Lipinski definition) is 1. The molecular formula is C16H13N3OS. The number of terminal acetylenes is 1. The zero-order valence-electron chi connectivity index (χ0n) is 11.5. The third-order valence-corrected chi connectivity index (χ3v) is 3.81. The van der Waals surface area contributed by atoms with Gasteiger partial charge in [-0.3, -0.25) is 4.98 Å². The lowest BCUT2D eigenvalue weighted by Crippen LogP contribution is -1.94. The lowest BCUT2D eigenvalue weighted by atomic mass is 10.2. The fourth-order valence-electron chi connectivity index (χ4n) is 2.07. The van der Waals surface area contributed by atoms with E-state index >= 15 is 0 Å². The number of aromatic nitrogens is 3. The largest absolute Gasteiger partial charge is 0.481 e. The number of hydrogen-bond acceptors (Lipinski definition) is 4. The van der Waals surface area contributed by atoms with Crippen molar-refractivity contribution in [2.75, 3.05) is 12.9 Å². The first-order valence-corrected chi connectivity index (χ1v) is 7.58. The summed E-state index contributed by atoms with van der Waals surface area (Å²) in [6.07, 6.45) is 10.7. The van der Waals surface area contributed by atoms with Crippen molar-refractivity contribution in [1.29, 1.82) is 0 Å². The summed E-state index contributed by atoms with van der Waals surface area (Å²) in [7, 11) is 0. The van der Waals surface area contributed by atoms with Gasteiger partial charge in [0.1, 0.15) is 23.7 Å². The van der Waals surface area contributed by atoms with Crippen LogP contribution in [0.4, 0.5) is 0 Å². The monoisotopic (exact) mass is 295 g/mol. The number of ether oxygens (including phenoxy) is 1. The quantitative estimate of drug-likeness (QED) is 0.592. The van der Waals surface area contributed by atoms with Crippen molar-refractivity contribution in [2.24, 2.45) is 0 Å². The van der Waals surface area contributed by atoms with Gasteiger partial charge in [-0.2, -0.15) is 0 Å². The highest BCUT2D eigenvalue weighted by Crippen LogP contribution is 2.32. The maximum Gasteiger partial charge on any atom is 0.148 e. The molecule has 5 heteroatoms. The second-order valence-corrected chi connectivity index (χ2v) is 5.18. The van der Waals surface area contributed by atoms with Crippen LogP contribution >= 0.6 is 11.8 Å². The molecule has 0 fully saturated rings. The summed E-state index contributed by atoms with van der Waals surface area (Å²) in [5, 5.41) is 0. The smallest absolute Gasteiger partial charge is 0.148 e. The SMILES string of the molecule is C#CCOc1ccc(-c2nc3cnccc3[nH]2)c(SC)c1. The van der Waals surface area contributed by atoms with Crippen molar-refractivity contribution >= 4 is 22.8 Å². The first kappa shape index (κ1) is 13.5. The molecule has 0 unspecified atom stereocenters. The van der Waals surface area contributed by atoms with Gasteiger partial charge in [-0.1, -0.05) is 5.92 Å². The van der Waals surface area contributed by atoms with Crippen molar-refractivity contribution in [3.63, 3.8) is 0 Å². The molecule has 3 rings (SSSR count). The molecule has 0 aliphatic heterocycles. The molecular weight excluding hydrogens is 282 g/mol. The molecule has 1 aromatic carbocycles. The summed E-state index contributed by atoms with van der Waals surface area (Å²) in [6, 6.07) is 7.78. The van der Waals surface area contributed by atoms with Crippen LogP contribution in [0, 0.1) is 12.3 Å². The standard InChI is InChI=1S/C16H13N3OS/c1-3-8-20-11-4-5-12(15(9-11)21-2)16-18-13-6-7-17-10-14(13)19-16/h1,4-7,9-10H,8H2,2H3,(H,18,19). The second kappa shape index (κ2) is 5.90. The van der Waals surface area contributed by atoms with Crippen molar-refractivity contribution in [3.05, 3.63) is 36.7 Å². The molecule has 0 atom stereocenters. The third-order valence-electron chi connectivity index (χ3n) is 3.04. The molecule has 0 aliphatic rings. The van der Waals surface area contributed by atoms with E-state index in [0.717, 1.165) is 33.1 Å². The van der Waals surface area contributed by atoms with Crippen LogP contribution in [0.3, 0.4) is 0 Å². The Hall–Kier alpha value is -2.45. The van der Waals surface area contributed by atoms with E-state index in [0.29, 0.717) is 0 Å². The zero-order chi connectivity index (χ0) is 14.7. The number of aromatic amines is 1. The number of nitrogens with one attached hydrogen (secondary N) is 1. The Morgan fingerprint density at radius 3 is 3.05 bits per heavy atom. The maximum atomic E-state index is 5.46. The molecule has 104 valence electrons. The molecule has 0 saturated carbocycles. The number of rotatable bonds is 4. The van der Waals surface area contributed by atoms with Gasteiger partial charge in [0.05, 0.1) is 11.7 Å². The topological polar surface area (TPSA) is 50.8 Å². The molecule has 3 aromatic rings. The molecule has 1 N–H and O–H groups in total. The highest BCUT2D eigenvalue weighted by atomic mass is 32.2. The molecule has 4 nitrogen and oxygen atoms in total. The Bertz CT molecular complexity index is 787. The van der Waals surface area contributed by atoms with E-state index in [4.69, 9.17) is 11.2 Å². The lowest BCUT2D eigenvalue weighted by molar-refractivity contribution is 0.369. The lowest BCUT2D eigenvalue weighted by Gasteiger charge is -2.08. The van der Waals surface area contributed by atoms with E-state index in [2.05, 4.69) is 20.9 Å². The minimum Gasteiger partial charge on any atom is -0.481 e. The predicted octanol–water partition coefficient (Wildman–Crippen LogP) is 3.36. The van der Waals surface area contributed by atoms with E-state index in [1.54, 1.807) is 24.2 Å². The molecule has 0 radical (unpaired) electrons. The summed E-state index contributed by atoms with van der Waals surface area (Å²) in [5.74, 6) is 4.05. The molecule has 0 spiro atoms. The number of thioether (sulfide) groups is 1. The normalized spacial score (nSPS) is 10.5. The van der Waals surface area contributed by atoms with Crippen LogP contribution < -0.4 is 4.74 Å².